The van der Waals surface area contributed by atoms with Crippen LogP contribution in [0.25, 0.3) is 10.9 Å². The molecule has 1 aliphatic heterocycles. The second kappa shape index (κ2) is 6.07. The highest BCUT2D eigenvalue weighted by atomic mass is 35.5. The zero-order valence-electron chi connectivity index (χ0n) is 13.8. The number of benzene rings is 1. The van der Waals surface area contributed by atoms with Crippen LogP contribution >= 0.6 is 11.6 Å². The van der Waals surface area contributed by atoms with Crippen LogP contribution in [0.4, 0.5) is 0 Å². The first-order chi connectivity index (χ1) is 12.0. The van der Waals surface area contributed by atoms with Crippen molar-refractivity contribution < 1.29 is 4.79 Å². The molecule has 0 radical (unpaired) electrons. The van der Waals surface area contributed by atoms with Crippen LogP contribution in [0.3, 0.4) is 0 Å². The van der Waals surface area contributed by atoms with Crippen LogP contribution in [0.2, 0.25) is 5.02 Å². The third-order valence-corrected chi connectivity index (χ3v) is 5.07. The minimum absolute atomic E-state index is 0.00944. The van der Waals surface area contributed by atoms with Crippen LogP contribution in [0.5, 0.6) is 0 Å². The van der Waals surface area contributed by atoms with Gasteiger partial charge in [-0.25, -0.2) is 9.89 Å². The zero-order valence-corrected chi connectivity index (χ0v) is 14.5. The van der Waals surface area contributed by atoms with Gasteiger partial charge in [0.25, 0.3) is 5.91 Å². The van der Waals surface area contributed by atoms with Gasteiger partial charge in [-0.2, -0.15) is 5.10 Å². The molecule has 2 N–H and O–H groups in total. The van der Waals surface area contributed by atoms with E-state index < -0.39 is 0 Å². The maximum Gasteiger partial charge on any atom is 0.343 e. The summed E-state index contributed by atoms with van der Waals surface area (Å²) in [6.07, 6.45) is 2.12. The Kier molecular flexibility index (Phi) is 3.88. The van der Waals surface area contributed by atoms with Gasteiger partial charge in [-0.1, -0.05) is 17.7 Å². The quantitative estimate of drug-likeness (QED) is 0.732. The lowest BCUT2D eigenvalue weighted by atomic mass is 10.1. The Bertz CT molecular complexity index is 1020. The van der Waals surface area contributed by atoms with Crippen LogP contribution < -0.4 is 11.0 Å². The van der Waals surface area contributed by atoms with Gasteiger partial charge < -0.3 is 9.88 Å². The van der Waals surface area contributed by atoms with Gasteiger partial charge in [-0.15, -0.1) is 0 Å². The molecular weight excluding hydrogens is 342 g/mol. The number of H-pyrrole nitrogens is 1. The summed E-state index contributed by atoms with van der Waals surface area (Å²) >= 11 is 6.05. The molecule has 8 heteroatoms. The summed E-state index contributed by atoms with van der Waals surface area (Å²) in [5.41, 5.74) is 1.33. The zero-order chi connectivity index (χ0) is 17.6. The summed E-state index contributed by atoms with van der Waals surface area (Å²) in [5.74, 6) is 0.634. The molecule has 1 aliphatic rings. The van der Waals surface area contributed by atoms with Crippen LogP contribution in [0.15, 0.2) is 29.1 Å². The Morgan fingerprint density at radius 3 is 3.04 bits per heavy atom. The lowest BCUT2D eigenvalue weighted by Gasteiger charge is -2.16. The SMILES string of the molecule is Cn1c(C(=O)NC2CCc3n[nH]c(=O)n3CC2)cc2ccc(Cl)cc21. The molecule has 0 saturated heterocycles. The fourth-order valence-corrected chi connectivity index (χ4v) is 3.60. The van der Waals surface area contributed by atoms with Gasteiger partial charge >= 0.3 is 5.69 Å². The number of nitrogens with zero attached hydrogens (tertiary/aromatic N) is 3. The van der Waals surface area contributed by atoms with Gasteiger partial charge in [-0.3, -0.25) is 9.36 Å². The van der Waals surface area contributed by atoms with E-state index in [2.05, 4.69) is 15.5 Å². The van der Waals surface area contributed by atoms with Gasteiger partial charge in [-0.05, 0) is 31.0 Å². The number of halogens is 1. The van der Waals surface area contributed by atoms with Crippen molar-refractivity contribution in [3.8, 4) is 0 Å². The van der Waals surface area contributed by atoms with Gasteiger partial charge in [0.15, 0.2) is 0 Å². The number of rotatable bonds is 2. The number of carbonyl (C=O) groups excluding carboxylic acids is 1. The van der Waals surface area contributed by atoms with E-state index in [1.807, 2.05) is 35.9 Å². The minimum Gasteiger partial charge on any atom is -0.348 e. The first kappa shape index (κ1) is 16.0. The van der Waals surface area contributed by atoms with Crippen LogP contribution in [-0.2, 0) is 20.0 Å². The number of nitrogens with one attached hydrogen (secondary N) is 2. The first-order valence-electron chi connectivity index (χ1n) is 8.23. The van der Waals surface area contributed by atoms with Crippen LogP contribution in [0.1, 0.15) is 29.2 Å². The number of fused-ring (bicyclic) bond motifs is 2. The summed E-state index contributed by atoms with van der Waals surface area (Å²) in [6, 6.07) is 7.45. The average molecular weight is 360 g/mol. The smallest absolute Gasteiger partial charge is 0.343 e. The molecule has 130 valence electrons. The van der Waals surface area contributed by atoms with E-state index in [1.54, 1.807) is 4.57 Å². The predicted octanol–water partition coefficient (Wildman–Crippen LogP) is 1.85. The summed E-state index contributed by atoms with van der Waals surface area (Å²) < 4.78 is 3.49. The van der Waals surface area contributed by atoms with Gasteiger partial charge in [0.05, 0.1) is 0 Å². The standard InChI is InChI=1S/C17H18ClN5O2/c1-22-13-9-11(18)3-2-10(13)8-14(22)16(24)19-12-4-5-15-20-21-17(25)23(15)7-6-12/h2-3,8-9,12H,4-7H2,1H3,(H,19,24)(H,21,25). The molecule has 1 aromatic carbocycles. The second-order valence-electron chi connectivity index (χ2n) is 6.39. The molecule has 1 amide bonds. The summed E-state index contributed by atoms with van der Waals surface area (Å²) in [4.78, 5) is 24.4. The molecule has 1 atom stereocenters. The molecule has 3 heterocycles. The summed E-state index contributed by atoms with van der Waals surface area (Å²) in [6.45, 7) is 0.556. The highest BCUT2D eigenvalue weighted by molar-refractivity contribution is 6.31. The number of carbonyl (C=O) groups is 1. The molecule has 0 fully saturated rings. The number of amides is 1. The van der Waals surface area contributed by atoms with Crippen molar-refractivity contribution in [1.82, 2.24) is 24.6 Å². The lowest BCUT2D eigenvalue weighted by Crippen LogP contribution is -2.36. The Morgan fingerprint density at radius 1 is 1.36 bits per heavy atom. The Morgan fingerprint density at radius 2 is 2.20 bits per heavy atom. The monoisotopic (exact) mass is 359 g/mol. The van der Waals surface area contributed by atoms with Crippen molar-refractivity contribution in [2.75, 3.05) is 0 Å². The third-order valence-electron chi connectivity index (χ3n) is 4.83. The number of hydrogen-bond acceptors (Lipinski definition) is 3. The van der Waals surface area contributed by atoms with E-state index in [9.17, 15) is 9.59 Å². The van der Waals surface area contributed by atoms with E-state index in [0.717, 1.165) is 23.1 Å². The molecule has 0 bridgehead atoms. The van der Waals surface area contributed by atoms with Crippen molar-refractivity contribution in [2.24, 2.45) is 7.05 Å². The molecular formula is C17H18ClN5O2. The van der Waals surface area contributed by atoms with E-state index in [1.165, 1.54) is 0 Å². The molecule has 4 rings (SSSR count). The average Bonchev–Trinajstić information content (AvgIpc) is 3.02. The Labute approximate surface area is 148 Å². The minimum atomic E-state index is -0.187. The summed E-state index contributed by atoms with van der Waals surface area (Å²) in [7, 11) is 1.86. The number of aromatic amines is 1. The summed E-state index contributed by atoms with van der Waals surface area (Å²) in [5, 5.41) is 11.2. The molecule has 0 saturated carbocycles. The van der Waals surface area contributed by atoms with Crippen LogP contribution in [-0.4, -0.2) is 31.3 Å². The van der Waals surface area contributed by atoms with Crippen molar-refractivity contribution in [3.63, 3.8) is 0 Å². The number of aryl methyl sites for hydroxylation is 2. The van der Waals surface area contributed by atoms with E-state index in [4.69, 9.17) is 11.6 Å². The predicted molar refractivity (Wildman–Crippen MR) is 95.0 cm³/mol. The highest BCUT2D eigenvalue weighted by Crippen LogP contribution is 2.23. The van der Waals surface area contributed by atoms with Crippen molar-refractivity contribution in [3.05, 3.63) is 51.3 Å². The van der Waals surface area contributed by atoms with E-state index in [-0.39, 0.29) is 17.6 Å². The molecule has 2 aromatic heterocycles. The van der Waals surface area contributed by atoms with Crippen molar-refractivity contribution >= 4 is 28.4 Å². The Hall–Kier alpha value is -2.54. The molecule has 7 nitrogen and oxygen atoms in total. The lowest BCUT2D eigenvalue weighted by molar-refractivity contribution is 0.0925. The molecule has 0 spiro atoms. The maximum atomic E-state index is 12.7. The second-order valence-corrected chi connectivity index (χ2v) is 6.82. The van der Waals surface area contributed by atoms with Crippen molar-refractivity contribution in [1.29, 1.82) is 0 Å². The fourth-order valence-electron chi connectivity index (χ4n) is 3.43. The largest absolute Gasteiger partial charge is 0.348 e. The Balaban J connectivity index is 1.53. The molecule has 3 aromatic rings. The molecule has 25 heavy (non-hydrogen) atoms. The normalized spacial score (nSPS) is 17.3. The third kappa shape index (κ3) is 2.84. The fraction of sp³-hybridized carbons (Fsp3) is 0.353. The van der Waals surface area contributed by atoms with E-state index >= 15 is 0 Å². The van der Waals surface area contributed by atoms with Crippen LogP contribution in [0, 0.1) is 0 Å². The highest BCUT2D eigenvalue weighted by Gasteiger charge is 2.22. The van der Waals surface area contributed by atoms with Gasteiger partial charge in [0.1, 0.15) is 11.5 Å². The molecule has 1 unspecified atom stereocenters. The maximum absolute atomic E-state index is 12.7. The molecule has 0 aliphatic carbocycles. The number of aromatic nitrogens is 4. The van der Waals surface area contributed by atoms with Crippen molar-refractivity contribution in [2.45, 2.75) is 31.8 Å². The first-order valence-corrected chi connectivity index (χ1v) is 8.60. The van der Waals surface area contributed by atoms with E-state index in [0.29, 0.717) is 30.1 Å². The van der Waals surface area contributed by atoms with Gasteiger partial charge in [0.2, 0.25) is 0 Å². The van der Waals surface area contributed by atoms with Gasteiger partial charge in [0, 0.05) is 42.0 Å². The topological polar surface area (TPSA) is 84.7 Å². The number of hydrogen-bond donors (Lipinski definition) is 2.